The van der Waals surface area contributed by atoms with E-state index in [1.165, 1.54) is 4.90 Å². The molecule has 3 aromatic rings. The predicted molar refractivity (Wildman–Crippen MR) is 125 cm³/mol. The zero-order chi connectivity index (χ0) is 21.3. The monoisotopic (exact) mass is 479 g/mol. The average Bonchev–Trinajstić information content (AvgIpc) is 3.20. The van der Waals surface area contributed by atoms with Gasteiger partial charge in [-0.1, -0.05) is 35.0 Å². The van der Waals surface area contributed by atoms with Crippen LogP contribution in [-0.4, -0.2) is 21.5 Å². The van der Waals surface area contributed by atoms with Gasteiger partial charge in [0.25, 0.3) is 11.8 Å². The van der Waals surface area contributed by atoms with E-state index >= 15 is 0 Å². The van der Waals surface area contributed by atoms with Crippen molar-refractivity contribution >= 4 is 56.8 Å². The number of rotatable bonds is 4. The topological polar surface area (TPSA) is 54.3 Å². The van der Waals surface area contributed by atoms with Crippen LogP contribution in [0.5, 0.6) is 0 Å². The van der Waals surface area contributed by atoms with Crippen LogP contribution in [0.4, 0.5) is 5.69 Å². The number of nitrogens with one attached hydrogen (secondary N) is 1. The number of aryl methyl sites for hydroxylation is 1. The lowest BCUT2D eigenvalue weighted by Crippen LogP contribution is -2.54. The molecule has 0 bridgehead atoms. The molecule has 4 rings (SSSR count). The van der Waals surface area contributed by atoms with E-state index in [1.54, 1.807) is 6.08 Å². The lowest BCUT2D eigenvalue weighted by Gasteiger charge is -2.29. The van der Waals surface area contributed by atoms with Crippen molar-refractivity contribution in [3.63, 3.8) is 0 Å². The van der Waals surface area contributed by atoms with Crippen molar-refractivity contribution < 1.29 is 9.59 Å². The summed E-state index contributed by atoms with van der Waals surface area (Å²) >= 11 is 8.71. The average molecular weight is 480 g/mol. The van der Waals surface area contributed by atoms with Crippen LogP contribution in [-0.2, 0) is 16.0 Å². The quantitative estimate of drug-likeness (QED) is 0.337. The molecule has 0 unspecified atom stereocenters. The van der Waals surface area contributed by atoms with Crippen LogP contribution in [0, 0.1) is 0 Å². The molecule has 0 aliphatic carbocycles. The fourth-order valence-electron chi connectivity index (χ4n) is 3.27. The summed E-state index contributed by atoms with van der Waals surface area (Å²) in [6.07, 6.45) is 4.37. The van der Waals surface area contributed by atoms with Crippen LogP contribution in [0.2, 0.25) is 0 Å². The van der Waals surface area contributed by atoms with E-state index in [0.29, 0.717) is 11.4 Å². The molecular formula is C23H18BrN3O2S. The smallest absolute Gasteiger partial charge is 0.270 e. The SMILES string of the molecule is CCc1ccc(N2C(=O)/C(=C/c3cccn3-c3ccc(Br)cc3)C(=O)NC2=S)cc1. The largest absolute Gasteiger partial charge is 0.317 e. The minimum atomic E-state index is -0.505. The number of hydrogen-bond acceptors (Lipinski definition) is 3. The van der Waals surface area contributed by atoms with Gasteiger partial charge in [0.15, 0.2) is 5.11 Å². The van der Waals surface area contributed by atoms with Crippen molar-refractivity contribution in [2.75, 3.05) is 4.90 Å². The molecule has 7 heteroatoms. The van der Waals surface area contributed by atoms with Crippen LogP contribution >= 0.6 is 28.1 Å². The molecule has 2 aromatic carbocycles. The molecule has 1 fully saturated rings. The maximum atomic E-state index is 13.2. The normalized spacial score (nSPS) is 15.6. The number of thiocarbonyl (C=S) groups is 1. The first-order valence-electron chi connectivity index (χ1n) is 9.41. The molecule has 1 N–H and O–H groups in total. The van der Waals surface area contributed by atoms with E-state index in [4.69, 9.17) is 12.2 Å². The summed E-state index contributed by atoms with van der Waals surface area (Å²) in [7, 11) is 0. The minimum Gasteiger partial charge on any atom is -0.317 e. The van der Waals surface area contributed by atoms with E-state index in [0.717, 1.165) is 22.1 Å². The third-order valence-corrected chi connectivity index (χ3v) is 5.70. The van der Waals surface area contributed by atoms with Crippen LogP contribution in [0.15, 0.2) is 76.9 Å². The molecule has 1 aliphatic heterocycles. The van der Waals surface area contributed by atoms with Crippen LogP contribution in [0.3, 0.4) is 0 Å². The van der Waals surface area contributed by atoms with Crippen molar-refractivity contribution in [3.8, 4) is 5.69 Å². The lowest BCUT2D eigenvalue weighted by molar-refractivity contribution is -0.122. The van der Waals surface area contributed by atoms with Gasteiger partial charge in [0.2, 0.25) is 0 Å². The van der Waals surface area contributed by atoms with E-state index in [2.05, 4.69) is 28.2 Å². The molecular weight excluding hydrogens is 462 g/mol. The molecule has 2 amide bonds. The van der Waals surface area contributed by atoms with Gasteiger partial charge >= 0.3 is 0 Å². The Morgan fingerprint density at radius 3 is 2.33 bits per heavy atom. The summed E-state index contributed by atoms with van der Waals surface area (Å²) in [4.78, 5) is 27.2. The zero-order valence-electron chi connectivity index (χ0n) is 16.1. The van der Waals surface area contributed by atoms with Gasteiger partial charge in [0.1, 0.15) is 5.57 Å². The Morgan fingerprint density at radius 1 is 1.00 bits per heavy atom. The Hall–Kier alpha value is -3.03. The number of hydrogen-bond donors (Lipinski definition) is 1. The first-order chi connectivity index (χ1) is 14.5. The number of nitrogens with zero attached hydrogens (tertiary/aromatic N) is 2. The van der Waals surface area contributed by atoms with E-state index < -0.39 is 11.8 Å². The Bertz CT molecular complexity index is 1160. The van der Waals surface area contributed by atoms with Crippen LogP contribution < -0.4 is 10.2 Å². The molecule has 5 nitrogen and oxygen atoms in total. The molecule has 2 heterocycles. The summed E-state index contributed by atoms with van der Waals surface area (Å²) in [6, 6.07) is 19.1. The molecule has 0 saturated carbocycles. The van der Waals surface area contributed by atoms with Crippen molar-refractivity contribution in [1.82, 2.24) is 9.88 Å². The highest BCUT2D eigenvalue weighted by molar-refractivity contribution is 9.10. The van der Waals surface area contributed by atoms with Crippen molar-refractivity contribution in [2.45, 2.75) is 13.3 Å². The van der Waals surface area contributed by atoms with Gasteiger partial charge in [-0.15, -0.1) is 0 Å². The van der Waals surface area contributed by atoms with Gasteiger partial charge in [-0.25, -0.2) is 0 Å². The highest BCUT2D eigenvalue weighted by Crippen LogP contribution is 2.24. The van der Waals surface area contributed by atoms with Gasteiger partial charge in [0, 0.05) is 22.1 Å². The summed E-state index contributed by atoms with van der Waals surface area (Å²) in [5.74, 6) is -0.952. The second-order valence-electron chi connectivity index (χ2n) is 6.76. The van der Waals surface area contributed by atoms with Crippen molar-refractivity contribution in [1.29, 1.82) is 0 Å². The minimum absolute atomic E-state index is 0.0280. The second kappa shape index (κ2) is 8.38. The lowest BCUT2D eigenvalue weighted by atomic mass is 10.1. The summed E-state index contributed by atoms with van der Waals surface area (Å²) < 4.78 is 2.88. The maximum absolute atomic E-state index is 13.2. The van der Waals surface area contributed by atoms with E-state index in [9.17, 15) is 9.59 Å². The number of aromatic nitrogens is 1. The molecule has 0 atom stereocenters. The summed E-state index contributed by atoms with van der Waals surface area (Å²) in [5, 5.41) is 2.71. The van der Waals surface area contributed by atoms with Crippen LogP contribution in [0.1, 0.15) is 18.2 Å². The van der Waals surface area contributed by atoms with Gasteiger partial charge < -0.3 is 4.57 Å². The number of carbonyl (C=O) groups excluding carboxylic acids is 2. The third-order valence-electron chi connectivity index (χ3n) is 4.88. The van der Waals surface area contributed by atoms with Crippen LogP contribution in [0.25, 0.3) is 11.8 Å². The first kappa shape index (κ1) is 20.3. The number of amides is 2. The standard InChI is InChI=1S/C23H18BrN3O2S/c1-2-15-5-9-18(10-6-15)27-22(29)20(21(28)25-23(27)30)14-19-4-3-13-26(19)17-11-7-16(24)8-12-17/h3-14H,2H2,1H3,(H,25,28,30)/b20-14+. The van der Waals surface area contributed by atoms with Gasteiger partial charge in [0.05, 0.1) is 5.69 Å². The highest BCUT2D eigenvalue weighted by Gasteiger charge is 2.34. The number of anilines is 1. The van der Waals surface area contributed by atoms with Crippen molar-refractivity contribution in [3.05, 3.63) is 88.2 Å². The summed E-state index contributed by atoms with van der Waals surface area (Å²) in [5.41, 5.74) is 3.43. The van der Waals surface area contributed by atoms with Gasteiger partial charge in [-0.3, -0.25) is 19.8 Å². The predicted octanol–water partition coefficient (Wildman–Crippen LogP) is 4.63. The van der Waals surface area contributed by atoms with Gasteiger partial charge in [-0.05, 0) is 78.8 Å². The van der Waals surface area contributed by atoms with Crippen molar-refractivity contribution in [2.24, 2.45) is 0 Å². The fraction of sp³-hybridized carbons (Fsp3) is 0.0870. The molecule has 1 aromatic heterocycles. The maximum Gasteiger partial charge on any atom is 0.270 e. The second-order valence-corrected chi connectivity index (χ2v) is 8.06. The molecule has 1 aliphatic rings. The number of carbonyl (C=O) groups is 2. The molecule has 0 spiro atoms. The van der Waals surface area contributed by atoms with E-state index in [-0.39, 0.29) is 10.7 Å². The summed E-state index contributed by atoms with van der Waals surface area (Å²) in [6.45, 7) is 2.06. The molecule has 30 heavy (non-hydrogen) atoms. The zero-order valence-corrected chi connectivity index (χ0v) is 18.5. The first-order valence-corrected chi connectivity index (χ1v) is 10.6. The Balaban J connectivity index is 1.71. The molecule has 1 saturated heterocycles. The van der Waals surface area contributed by atoms with E-state index in [1.807, 2.05) is 71.4 Å². The van der Waals surface area contributed by atoms with Gasteiger partial charge in [-0.2, -0.15) is 0 Å². The fourth-order valence-corrected chi connectivity index (χ4v) is 3.81. The Kier molecular flexibility index (Phi) is 5.65. The molecule has 150 valence electrons. The number of halogens is 1. The molecule has 0 radical (unpaired) electrons. The Morgan fingerprint density at radius 2 is 1.67 bits per heavy atom. The highest BCUT2D eigenvalue weighted by atomic mass is 79.9. The Labute approximate surface area is 188 Å². The number of benzene rings is 2. The third kappa shape index (κ3) is 3.86.